The summed E-state index contributed by atoms with van der Waals surface area (Å²) in [6.07, 6.45) is 3.70. The SMILES string of the molecule is CC(=O)C1CCCN(c2cc(Cl)c3cnn(C)c3n2)C1. The number of halogens is 1. The summed E-state index contributed by atoms with van der Waals surface area (Å²) in [7, 11) is 1.85. The van der Waals surface area contributed by atoms with Crippen LogP contribution in [0, 0.1) is 5.92 Å². The Morgan fingerprint density at radius 2 is 2.30 bits per heavy atom. The monoisotopic (exact) mass is 292 g/mol. The van der Waals surface area contributed by atoms with Crippen LogP contribution in [0.1, 0.15) is 19.8 Å². The van der Waals surface area contributed by atoms with Gasteiger partial charge in [-0.2, -0.15) is 5.10 Å². The van der Waals surface area contributed by atoms with Crippen LogP contribution in [0.25, 0.3) is 11.0 Å². The molecule has 6 heteroatoms. The van der Waals surface area contributed by atoms with Crippen LogP contribution in [-0.2, 0) is 11.8 Å². The van der Waals surface area contributed by atoms with Crippen molar-refractivity contribution < 1.29 is 4.79 Å². The molecular weight excluding hydrogens is 276 g/mol. The number of nitrogens with zero attached hydrogens (tertiary/aromatic N) is 4. The second kappa shape index (κ2) is 5.05. The maximum absolute atomic E-state index is 11.6. The molecule has 0 N–H and O–H groups in total. The molecular formula is C14H17ClN4O. The number of anilines is 1. The van der Waals surface area contributed by atoms with Gasteiger partial charge in [-0.25, -0.2) is 4.98 Å². The van der Waals surface area contributed by atoms with Crippen molar-refractivity contribution in [1.82, 2.24) is 14.8 Å². The van der Waals surface area contributed by atoms with Gasteiger partial charge < -0.3 is 4.90 Å². The molecule has 5 nitrogen and oxygen atoms in total. The summed E-state index contributed by atoms with van der Waals surface area (Å²) in [6.45, 7) is 3.30. The topological polar surface area (TPSA) is 51.0 Å². The number of hydrogen-bond acceptors (Lipinski definition) is 4. The number of rotatable bonds is 2. The molecule has 1 saturated heterocycles. The lowest BCUT2D eigenvalue weighted by Gasteiger charge is -2.32. The largest absolute Gasteiger partial charge is 0.356 e. The molecule has 106 valence electrons. The van der Waals surface area contributed by atoms with E-state index in [-0.39, 0.29) is 11.7 Å². The van der Waals surface area contributed by atoms with Gasteiger partial charge in [0, 0.05) is 32.1 Å². The summed E-state index contributed by atoms with van der Waals surface area (Å²) in [5.74, 6) is 1.19. The molecule has 2 aromatic heterocycles. The minimum atomic E-state index is 0.103. The first kappa shape index (κ1) is 13.4. The van der Waals surface area contributed by atoms with Gasteiger partial charge in [-0.3, -0.25) is 9.48 Å². The zero-order valence-electron chi connectivity index (χ0n) is 11.6. The third-order valence-corrected chi connectivity index (χ3v) is 4.27. The summed E-state index contributed by atoms with van der Waals surface area (Å²) in [4.78, 5) is 18.4. The highest BCUT2D eigenvalue weighted by molar-refractivity contribution is 6.35. The molecule has 0 amide bonds. The molecule has 1 aliphatic heterocycles. The fourth-order valence-electron chi connectivity index (χ4n) is 2.74. The first-order chi connectivity index (χ1) is 9.56. The van der Waals surface area contributed by atoms with E-state index in [2.05, 4.69) is 15.0 Å². The average molecular weight is 293 g/mol. The fraction of sp³-hybridized carbons (Fsp3) is 0.500. The van der Waals surface area contributed by atoms with Crippen LogP contribution in [0.3, 0.4) is 0 Å². The quantitative estimate of drug-likeness (QED) is 0.853. The first-order valence-electron chi connectivity index (χ1n) is 6.80. The Kier molecular flexibility index (Phi) is 3.38. The summed E-state index contributed by atoms with van der Waals surface area (Å²) < 4.78 is 1.72. The average Bonchev–Trinajstić information content (AvgIpc) is 2.81. The van der Waals surface area contributed by atoms with Crippen molar-refractivity contribution in [3.63, 3.8) is 0 Å². The van der Waals surface area contributed by atoms with Crippen molar-refractivity contribution in [2.75, 3.05) is 18.0 Å². The van der Waals surface area contributed by atoms with Gasteiger partial charge >= 0.3 is 0 Å². The minimum Gasteiger partial charge on any atom is -0.356 e. The summed E-state index contributed by atoms with van der Waals surface area (Å²) in [5, 5.41) is 5.70. The smallest absolute Gasteiger partial charge is 0.161 e. The Morgan fingerprint density at radius 3 is 3.05 bits per heavy atom. The van der Waals surface area contributed by atoms with E-state index in [1.807, 2.05) is 13.1 Å². The number of carbonyl (C=O) groups excluding carboxylic acids is 1. The highest BCUT2D eigenvalue weighted by Crippen LogP contribution is 2.29. The number of carbonyl (C=O) groups is 1. The zero-order valence-corrected chi connectivity index (χ0v) is 12.4. The molecule has 3 rings (SSSR count). The maximum Gasteiger partial charge on any atom is 0.161 e. The van der Waals surface area contributed by atoms with Crippen LogP contribution in [0.5, 0.6) is 0 Å². The number of fused-ring (bicyclic) bond motifs is 1. The lowest BCUT2D eigenvalue weighted by atomic mass is 9.94. The molecule has 1 fully saturated rings. The highest BCUT2D eigenvalue weighted by Gasteiger charge is 2.24. The third-order valence-electron chi connectivity index (χ3n) is 3.96. The molecule has 3 heterocycles. The minimum absolute atomic E-state index is 0.103. The van der Waals surface area contributed by atoms with E-state index >= 15 is 0 Å². The predicted octanol–water partition coefficient (Wildman–Crippen LogP) is 2.43. The van der Waals surface area contributed by atoms with E-state index in [4.69, 9.17) is 11.6 Å². The highest BCUT2D eigenvalue weighted by atomic mass is 35.5. The number of pyridine rings is 1. The van der Waals surface area contributed by atoms with Gasteiger partial charge in [0.2, 0.25) is 0 Å². The Labute approximate surface area is 122 Å². The molecule has 20 heavy (non-hydrogen) atoms. The van der Waals surface area contributed by atoms with Crippen LogP contribution >= 0.6 is 11.6 Å². The number of Topliss-reactive ketones (excluding diaryl/α,β-unsaturated/α-hetero) is 1. The lowest BCUT2D eigenvalue weighted by Crippen LogP contribution is -2.38. The van der Waals surface area contributed by atoms with Crippen LogP contribution in [0.4, 0.5) is 5.82 Å². The van der Waals surface area contributed by atoms with Crippen molar-refractivity contribution >= 4 is 34.2 Å². The number of ketones is 1. The zero-order chi connectivity index (χ0) is 14.3. The maximum atomic E-state index is 11.6. The number of aromatic nitrogens is 3. The molecule has 0 bridgehead atoms. The van der Waals surface area contributed by atoms with Gasteiger partial charge in [-0.1, -0.05) is 11.6 Å². The first-order valence-corrected chi connectivity index (χ1v) is 7.17. The van der Waals surface area contributed by atoms with Crippen molar-refractivity contribution in [3.05, 3.63) is 17.3 Å². The number of aryl methyl sites for hydroxylation is 1. The second-order valence-corrected chi connectivity index (χ2v) is 5.77. The molecule has 0 aromatic carbocycles. The third kappa shape index (κ3) is 2.26. The van der Waals surface area contributed by atoms with Crippen molar-refractivity contribution in [2.24, 2.45) is 13.0 Å². The van der Waals surface area contributed by atoms with Gasteiger partial charge in [-0.05, 0) is 19.8 Å². The summed E-state index contributed by atoms with van der Waals surface area (Å²) in [5.41, 5.74) is 0.775. The van der Waals surface area contributed by atoms with Crippen LogP contribution < -0.4 is 4.90 Å². The molecule has 0 aliphatic carbocycles. The molecule has 2 aromatic rings. The number of piperidine rings is 1. The Balaban J connectivity index is 1.97. The Bertz CT molecular complexity index is 666. The van der Waals surface area contributed by atoms with Crippen LogP contribution in [-0.4, -0.2) is 33.6 Å². The van der Waals surface area contributed by atoms with Crippen LogP contribution in [0.2, 0.25) is 5.02 Å². The molecule has 1 unspecified atom stereocenters. The van der Waals surface area contributed by atoms with E-state index in [9.17, 15) is 4.79 Å². The standard InChI is InChI=1S/C14H17ClN4O/c1-9(20)10-4-3-5-19(8-10)13-6-12(15)11-7-16-18(2)14(11)17-13/h6-7,10H,3-5,8H2,1-2H3. The summed E-state index contributed by atoms with van der Waals surface area (Å²) in [6, 6.07) is 1.87. The molecule has 0 radical (unpaired) electrons. The van der Waals surface area contributed by atoms with Crippen molar-refractivity contribution in [1.29, 1.82) is 0 Å². The van der Waals surface area contributed by atoms with E-state index in [0.29, 0.717) is 5.02 Å². The van der Waals surface area contributed by atoms with Crippen LogP contribution in [0.15, 0.2) is 12.3 Å². The lowest BCUT2D eigenvalue weighted by molar-refractivity contribution is -0.120. The fourth-order valence-corrected chi connectivity index (χ4v) is 2.97. The second-order valence-electron chi connectivity index (χ2n) is 5.36. The van der Waals surface area contributed by atoms with E-state index in [1.54, 1.807) is 17.8 Å². The van der Waals surface area contributed by atoms with E-state index in [0.717, 1.165) is 42.8 Å². The van der Waals surface area contributed by atoms with E-state index < -0.39 is 0 Å². The number of hydrogen-bond donors (Lipinski definition) is 0. The molecule has 1 atom stereocenters. The van der Waals surface area contributed by atoms with Gasteiger partial charge in [-0.15, -0.1) is 0 Å². The summed E-state index contributed by atoms with van der Waals surface area (Å²) >= 11 is 6.31. The molecule has 1 aliphatic rings. The molecule has 0 saturated carbocycles. The van der Waals surface area contributed by atoms with Gasteiger partial charge in [0.15, 0.2) is 5.65 Å². The van der Waals surface area contributed by atoms with Crippen molar-refractivity contribution in [2.45, 2.75) is 19.8 Å². The normalized spacial score (nSPS) is 19.6. The van der Waals surface area contributed by atoms with Gasteiger partial charge in [0.05, 0.1) is 16.6 Å². The van der Waals surface area contributed by atoms with E-state index in [1.165, 1.54) is 0 Å². The Hall–Kier alpha value is -1.62. The Morgan fingerprint density at radius 1 is 1.50 bits per heavy atom. The van der Waals surface area contributed by atoms with Gasteiger partial charge in [0.1, 0.15) is 11.6 Å². The molecule has 0 spiro atoms. The predicted molar refractivity (Wildman–Crippen MR) is 79.1 cm³/mol. The van der Waals surface area contributed by atoms with Crippen molar-refractivity contribution in [3.8, 4) is 0 Å². The van der Waals surface area contributed by atoms with Gasteiger partial charge in [0.25, 0.3) is 0 Å².